The summed E-state index contributed by atoms with van der Waals surface area (Å²) < 4.78 is 18.1. The molecule has 1 amide bonds. The van der Waals surface area contributed by atoms with Crippen molar-refractivity contribution < 1.29 is 19.0 Å². The van der Waals surface area contributed by atoms with Gasteiger partial charge in [-0.05, 0) is 49.2 Å². The van der Waals surface area contributed by atoms with E-state index in [1.54, 1.807) is 34.9 Å². The number of thioether (sulfide) groups is 1. The van der Waals surface area contributed by atoms with Crippen LogP contribution >= 0.6 is 23.4 Å². The number of halogens is 1. The number of hydrogen-bond donors (Lipinski definition) is 1. The maximum Gasteiger partial charge on any atom is 0.262 e. The van der Waals surface area contributed by atoms with Crippen molar-refractivity contribution in [2.45, 2.75) is 37.2 Å². The molecule has 3 aromatic carbocycles. The number of rotatable bonds is 11. The van der Waals surface area contributed by atoms with E-state index in [2.05, 4.69) is 5.32 Å². The summed E-state index contributed by atoms with van der Waals surface area (Å²) in [4.78, 5) is 32.0. The average Bonchev–Trinajstić information content (AvgIpc) is 2.95. The van der Waals surface area contributed by atoms with Gasteiger partial charge in [0.2, 0.25) is 5.91 Å². The van der Waals surface area contributed by atoms with Crippen LogP contribution in [-0.2, 0) is 11.3 Å². The van der Waals surface area contributed by atoms with Gasteiger partial charge < -0.3 is 19.5 Å². The molecule has 0 saturated heterocycles. The van der Waals surface area contributed by atoms with Gasteiger partial charge in [0.05, 0.1) is 49.2 Å². The number of anilines is 1. The fourth-order valence-corrected chi connectivity index (χ4v) is 5.18. The Balaban J connectivity index is 1.76. The molecule has 1 atom stereocenters. The monoisotopic (exact) mass is 567 g/mol. The van der Waals surface area contributed by atoms with Crippen molar-refractivity contribution in [3.63, 3.8) is 0 Å². The highest BCUT2D eigenvalue weighted by Gasteiger charge is 2.24. The summed E-state index contributed by atoms with van der Waals surface area (Å²) in [5.41, 5.74) is 1.65. The predicted molar refractivity (Wildman–Crippen MR) is 156 cm³/mol. The summed E-state index contributed by atoms with van der Waals surface area (Å²) in [5, 5.41) is 3.85. The van der Waals surface area contributed by atoms with Crippen LogP contribution in [0.25, 0.3) is 10.9 Å². The Morgan fingerprint density at radius 2 is 1.72 bits per heavy atom. The second-order valence-corrected chi connectivity index (χ2v) is 10.2. The number of hydrogen-bond acceptors (Lipinski definition) is 7. The Hall–Kier alpha value is -3.69. The van der Waals surface area contributed by atoms with E-state index in [1.807, 2.05) is 44.2 Å². The number of aromatic nitrogens is 2. The van der Waals surface area contributed by atoms with Gasteiger partial charge in [-0.1, -0.05) is 54.6 Å². The molecule has 39 heavy (non-hydrogen) atoms. The fraction of sp³-hybridized carbons (Fsp3) is 0.276. The number of amides is 1. The molecule has 0 radical (unpaired) electrons. The van der Waals surface area contributed by atoms with Gasteiger partial charge in [-0.25, -0.2) is 4.98 Å². The van der Waals surface area contributed by atoms with Gasteiger partial charge in [0.25, 0.3) is 5.56 Å². The first kappa shape index (κ1) is 28.3. The normalized spacial score (nSPS) is 11.7. The summed E-state index contributed by atoms with van der Waals surface area (Å²) in [5.74, 6) is 1.27. The maximum absolute atomic E-state index is 13.8. The summed E-state index contributed by atoms with van der Waals surface area (Å²) in [7, 11) is 3.04. The van der Waals surface area contributed by atoms with E-state index in [1.165, 1.54) is 26.0 Å². The summed E-state index contributed by atoms with van der Waals surface area (Å²) in [6.07, 6.45) is 0.508. The van der Waals surface area contributed by atoms with Crippen molar-refractivity contribution in [2.24, 2.45) is 0 Å². The van der Waals surface area contributed by atoms with E-state index in [0.717, 1.165) is 5.56 Å². The van der Waals surface area contributed by atoms with Crippen LogP contribution in [0.1, 0.15) is 25.8 Å². The first-order valence-corrected chi connectivity index (χ1v) is 13.7. The number of ether oxygens (including phenoxy) is 3. The molecular formula is C29H30ClN3O5S. The summed E-state index contributed by atoms with van der Waals surface area (Å²) in [6.45, 7) is 4.54. The van der Waals surface area contributed by atoms with E-state index in [4.69, 9.17) is 30.8 Å². The molecule has 0 aliphatic rings. The lowest BCUT2D eigenvalue weighted by Crippen LogP contribution is -2.28. The van der Waals surface area contributed by atoms with Gasteiger partial charge in [-0.15, -0.1) is 0 Å². The van der Waals surface area contributed by atoms with Crippen LogP contribution in [0.5, 0.6) is 17.2 Å². The molecule has 0 fully saturated rings. The molecule has 1 N–H and O–H groups in total. The zero-order valence-electron chi connectivity index (χ0n) is 22.2. The highest BCUT2D eigenvalue weighted by Crippen LogP contribution is 2.33. The van der Waals surface area contributed by atoms with Crippen LogP contribution in [0, 0.1) is 0 Å². The van der Waals surface area contributed by atoms with E-state index >= 15 is 0 Å². The Morgan fingerprint density at radius 3 is 2.38 bits per heavy atom. The Labute approximate surface area is 236 Å². The molecule has 0 aliphatic heterocycles. The molecule has 0 aliphatic carbocycles. The molecule has 4 rings (SSSR count). The van der Waals surface area contributed by atoms with Crippen molar-refractivity contribution >= 4 is 45.9 Å². The maximum atomic E-state index is 13.8. The third-order valence-electron chi connectivity index (χ3n) is 6.03. The average molecular weight is 568 g/mol. The van der Waals surface area contributed by atoms with E-state index in [-0.39, 0.29) is 18.0 Å². The Bertz CT molecular complexity index is 1520. The third kappa shape index (κ3) is 6.49. The smallest absolute Gasteiger partial charge is 0.262 e. The molecule has 1 heterocycles. The summed E-state index contributed by atoms with van der Waals surface area (Å²) >= 11 is 7.31. The molecule has 8 nitrogen and oxygen atoms in total. The topological polar surface area (TPSA) is 91.7 Å². The molecule has 10 heteroatoms. The largest absolute Gasteiger partial charge is 0.493 e. The Kier molecular flexibility index (Phi) is 9.37. The van der Waals surface area contributed by atoms with Gasteiger partial charge in [-0.3, -0.25) is 14.2 Å². The lowest BCUT2D eigenvalue weighted by Gasteiger charge is -2.19. The first-order valence-electron chi connectivity index (χ1n) is 12.5. The molecule has 1 aromatic heterocycles. The highest BCUT2D eigenvalue weighted by molar-refractivity contribution is 8.00. The molecule has 0 unspecified atom stereocenters. The van der Waals surface area contributed by atoms with Crippen LogP contribution in [-0.4, -0.2) is 41.5 Å². The number of para-hydroxylation sites is 2. The molecule has 0 saturated carbocycles. The quantitative estimate of drug-likeness (QED) is 0.175. The third-order valence-corrected chi connectivity index (χ3v) is 7.64. The number of fused-ring (bicyclic) bond motifs is 1. The number of benzene rings is 3. The van der Waals surface area contributed by atoms with Crippen molar-refractivity contribution in [1.29, 1.82) is 0 Å². The first-order chi connectivity index (χ1) is 18.9. The molecule has 0 spiro atoms. The van der Waals surface area contributed by atoms with Crippen molar-refractivity contribution in [3.05, 3.63) is 81.6 Å². The van der Waals surface area contributed by atoms with Crippen molar-refractivity contribution in [1.82, 2.24) is 9.55 Å². The zero-order chi connectivity index (χ0) is 27.9. The number of nitrogens with one attached hydrogen (secondary N) is 1. The fourth-order valence-electron chi connectivity index (χ4n) is 4.04. The van der Waals surface area contributed by atoms with Crippen molar-refractivity contribution in [2.75, 3.05) is 26.1 Å². The molecule has 0 bridgehead atoms. The van der Waals surface area contributed by atoms with Gasteiger partial charge >= 0.3 is 0 Å². The minimum atomic E-state index is -0.527. The molecule has 4 aromatic rings. The van der Waals surface area contributed by atoms with Crippen LogP contribution in [0.2, 0.25) is 5.02 Å². The van der Waals surface area contributed by atoms with Crippen LogP contribution in [0.3, 0.4) is 0 Å². The van der Waals surface area contributed by atoms with Gasteiger partial charge in [0, 0.05) is 11.1 Å². The SMILES string of the molecule is CCOc1ccccc1NC(=O)[C@H](CC)Sc1nc2cc(OC)c(OC)cc2c(=O)n1Cc1ccc(Cl)cc1. The predicted octanol–water partition coefficient (Wildman–Crippen LogP) is 6.02. The van der Waals surface area contributed by atoms with Crippen molar-refractivity contribution in [3.8, 4) is 17.2 Å². The van der Waals surface area contributed by atoms with Crippen LogP contribution in [0.4, 0.5) is 5.69 Å². The summed E-state index contributed by atoms with van der Waals surface area (Å²) in [6, 6.07) is 17.9. The highest BCUT2D eigenvalue weighted by atomic mass is 35.5. The lowest BCUT2D eigenvalue weighted by atomic mass is 10.2. The van der Waals surface area contributed by atoms with Crippen LogP contribution < -0.4 is 25.1 Å². The van der Waals surface area contributed by atoms with Crippen LogP contribution in [0.15, 0.2) is 70.6 Å². The van der Waals surface area contributed by atoms with Gasteiger partial charge in [0.1, 0.15) is 5.75 Å². The lowest BCUT2D eigenvalue weighted by molar-refractivity contribution is -0.115. The number of carbonyl (C=O) groups excluding carboxylic acids is 1. The minimum Gasteiger partial charge on any atom is -0.493 e. The number of carbonyl (C=O) groups is 1. The van der Waals surface area contributed by atoms with E-state index < -0.39 is 5.25 Å². The second-order valence-electron chi connectivity index (χ2n) is 8.57. The Morgan fingerprint density at radius 1 is 1.03 bits per heavy atom. The number of methoxy groups -OCH3 is 2. The second kappa shape index (κ2) is 12.9. The number of nitrogens with zero attached hydrogens (tertiary/aromatic N) is 2. The van der Waals surface area contributed by atoms with Gasteiger partial charge in [0.15, 0.2) is 16.7 Å². The molecule has 204 valence electrons. The zero-order valence-corrected chi connectivity index (χ0v) is 23.8. The van der Waals surface area contributed by atoms with E-state index in [0.29, 0.717) is 57.0 Å². The van der Waals surface area contributed by atoms with E-state index in [9.17, 15) is 9.59 Å². The van der Waals surface area contributed by atoms with Gasteiger partial charge in [-0.2, -0.15) is 0 Å². The standard InChI is InChI=1S/C29H30ClN3O5S/c1-5-26(27(34)31-21-9-7-8-10-23(21)38-6-2)39-29-32-22-16-25(37-4)24(36-3)15-20(22)28(35)33(29)17-18-11-13-19(30)14-12-18/h7-16,26H,5-6,17H2,1-4H3,(H,31,34)/t26-/m0/s1. The minimum absolute atomic E-state index is 0.214. The molecular weight excluding hydrogens is 538 g/mol.